The SMILES string of the molecule is O=S(=O)(NCCc1ccc(CN2CCCCC2)cc1)c1ccc(Br)cc1. The maximum Gasteiger partial charge on any atom is 0.240 e. The zero-order valence-corrected chi connectivity index (χ0v) is 17.2. The van der Waals surface area contributed by atoms with Gasteiger partial charge in [0.15, 0.2) is 0 Å². The van der Waals surface area contributed by atoms with Crippen molar-refractivity contribution < 1.29 is 8.42 Å². The average Bonchev–Trinajstić information content (AvgIpc) is 2.64. The highest BCUT2D eigenvalue weighted by atomic mass is 79.9. The van der Waals surface area contributed by atoms with Crippen molar-refractivity contribution in [2.45, 2.75) is 37.1 Å². The Kier molecular flexibility index (Phi) is 6.86. The third-order valence-electron chi connectivity index (χ3n) is 4.71. The molecule has 1 fully saturated rings. The molecule has 2 aromatic carbocycles. The van der Waals surface area contributed by atoms with Crippen molar-refractivity contribution >= 4 is 26.0 Å². The molecule has 140 valence electrons. The molecule has 0 unspecified atom stereocenters. The Labute approximate surface area is 164 Å². The monoisotopic (exact) mass is 436 g/mol. The molecule has 0 atom stereocenters. The van der Waals surface area contributed by atoms with Crippen molar-refractivity contribution in [3.05, 3.63) is 64.1 Å². The van der Waals surface area contributed by atoms with Gasteiger partial charge in [0.1, 0.15) is 0 Å². The summed E-state index contributed by atoms with van der Waals surface area (Å²) >= 11 is 3.31. The lowest BCUT2D eigenvalue weighted by molar-refractivity contribution is 0.221. The van der Waals surface area contributed by atoms with Gasteiger partial charge in [-0.25, -0.2) is 13.1 Å². The Hall–Kier alpha value is -1.21. The Bertz CT molecular complexity index is 799. The van der Waals surface area contributed by atoms with Crippen LogP contribution < -0.4 is 4.72 Å². The lowest BCUT2D eigenvalue weighted by Gasteiger charge is -2.26. The summed E-state index contributed by atoms with van der Waals surface area (Å²) in [6, 6.07) is 15.2. The van der Waals surface area contributed by atoms with Gasteiger partial charge in [-0.2, -0.15) is 0 Å². The van der Waals surface area contributed by atoms with Gasteiger partial charge in [-0.3, -0.25) is 4.90 Å². The Morgan fingerprint density at radius 3 is 2.15 bits per heavy atom. The maximum atomic E-state index is 12.3. The van der Waals surface area contributed by atoms with Crippen LogP contribution in [0.25, 0.3) is 0 Å². The first-order chi connectivity index (χ1) is 12.5. The van der Waals surface area contributed by atoms with E-state index in [1.54, 1.807) is 24.3 Å². The first-order valence-corrected chi connectivity index (χ1v) is 11.4. The van der Waals surface area contributed by atoms with Gasteiger partial charge in [-0.05, 0) is 67.7 Å². The molecule has 0 aromatic heterocycles. The average molecular weight is 437 g/mol. The molecule has 1 aliphatic heterocycles. The third kappa shape index (κ3) is 5.64. The Balaban J connectivity index is 1.49. The van der Waals surface area contributed by atoms with Crippen LogP contribution in [0.2, 0.25) is 0 Å². The molecule has 1 N–H and O–H groups in total. The molecule has 0 bridgehead atoms. The summed E-state index contributed by atoms with van der Waals surface area (Å²) in [5.74, 6) is 0. The van der Waals surface area contributed by atoms with Crippen LogP contribution in [0, 0.1) is 0 Å². The number of nitrogens with zero attached hydrogens (tertiary/aromatic N) is 1. The number of piperidine rings is 1. The van der Waals surface area contributed by atoms with E-state index >= 15 is 0 Å². The largest absolute Gasteiger partial charge is 0.299 e. The number of halogens is 1. The van der Waals surface area contributed by atoms with Crippen LogP contribution in [0.3, 0.4) is 0 Å². The molecule has 2 aromatic rings. The molecule has 26 heavy (non-hydrogen) atoms. The zero-order valence-electron chi connectivity index (χ0n) is 14.8. The normalized spacial score (nSPS) is 15.9. The molecule has 4 nitrogen and oxygen atoms in total. The van der Waals surface area contributed by atoms with E-state index in [-0.39, 0.29) is 4.90 Å². The molecule has 6 heteroatoms. The highest BCUT2D eigenvalue weighted by Crippen LogP contribution is 2.15. The van der Waals surface area contributed by atoms with E-state index in [1.807, 2.05) is 0 Å². The number of hydrogen-bond acceptors (Lipinski definition) is 3. The van der Waals surface area contributed by atoms with E-state index in [0.717, 1.165) is 16.6 Å². The number of nitrogens with one attached hydrogen (secondary N) is 1. The first-order valence-electron chi connectivity index (χ1n) is 9.08. The van der Waals surface area contributed by atoms with Gasteiger partial charge >= 0.3 is 0 Å². The molecule has 0 spiro atoms. The van der Waals surface area contributed by atoms with Crippen LogP contribution in [0.5, 0.6) is 0 Å². The smallest absolute Gasteiger partial charge is 0.240 e. The molecule has 0 radical (unpaired) electrons. The standard InChI is InChI=1S/C20H25BrN2O2S/c21-19-8-10-20(11-9-19)26(24,25)22-13-12-17-4-6-18(7-5-17)16-23-14-2-1-3-15-23/h4-11,22H,1-3,12-16H2. The lowest BCUT2D eigenvalue weighted by Crippen LogP contribution is -2.29. The van der Waals surface area contributed by atoms with E-state index in [4.69, 9.17) is 0 Å². The van der Waals surface area contributed by atoms with Crippen molar-refractivity contribution in [1.82, 2.24) is 9.62 Å². The van der Waals surface area contributed by atoms with Gasteiger partial charge < -0.3 is 0 Å². The van der Waals surface area contributed by atoms with Crippen LogP contribution in [0.1, 0.15) is 30.4 Å². The molecule has 1 aliphatic rings. The van der Waals surface area contributed by atoms with Crippen molar-refractivity contribution in [3.63, 3.8) is 0 Å². The summed E-state index contributed by atoms with van der Waals surface area (Å²) in [5.41, 5.74) is 2.47. The van der Waals surface area contributed by atoms with Crippen LogP contribution >= 0.6 is 15.9 Å². The number of rotatable bonds is 7. The minimum atomic E-state index is -3.45. The van der Waals surface area contributed by atoms with Crippen molar-refractivity contribution in [2.75, 3.05) is 19.6 Å². The summed E-state index contributed by atoms with van der Waals surface area (Å²) < 4.78 is 28.1. The number of sulfonamides is 1. The minimum Gasteiger partial charge on any atom is -0.299 e. The summed E-state index contributed by atoms with van der Waals surface area (Å²) in [6.07, 6.45) is 4.64. The number of hydrogen-bond donors (Lipinski definition) is 1. The summed E-state index contributed by atoms with van der Waals surface area (Å²) in [7, 11) is -3.45. The van der Waals surface area contributed by atoms with Gasteiger partial charge in [0.25, 0.3) is 0 Å². The maximum absolute atomic E-state index is 12.3. The number of benzene rings is 2. The van der Waals surface area contributed by atoms with Crippen LogP contribution in [-0.4, -0.2) is 33.0 Å². The third-order valence-corrected chi connectivity index (χ3v) is 6.71. The lowest BCUT2D eigenvalue weighted by atomic mass is 10.1. The first kappa shape index (κ1) is 19.5. The molecule has 1 heterocycles. The van der Waals surface area contributed by atoms with Crippen molar-refractivity contribution in [1.29, 1.82) is 0 Å². The second-order valence-corrected chi connectivity index (χ2v) is 9.44. The van der Waals surface area contributed by atoms with Gasteiger partial charge in [0, 0.05) is 17.6 Å². The van der Waals surface area contributed by atoms with Gasteiger partial charge in [-0.1, -0.05) is 46.6 Å². The minimum absolute atomic E-state index is 0.289. The van der Waals surface area contributed by atoms with Crippen molar-refractivity contribution in [3.8, 4) is 0 Å². The summed E-state index contributed by atoms with van der Waals surface area (Å²) in [4.78, 5) is 2.79. The highest BCUT2D eigenvalue weighted by molar-refractivity contribution is 9.10. The second-order valence-electron chi connectivity index (χ2n) is 6.75. The zero-order chi connectivity index (χ0) is 18.4. The second kappa shape index (κ2) is 9.13. The molecule has 0 aliphatic carbocycles. The fourth-order valence-electron chi connectivity index (χ4n) is 3.21. The summed E-state index contributed by atoms with van der Waals surface area (Å²) in [5, 5.41) is 0. The van der Waals surface area contributed by atoms with Gasteiger partial charge in [0.2, 0.25) is 10.0 Å². The summed E-state index contributed by atoms with van der Waals surface area (Å²) in [6.45, 7) is 3.79. The number of likely N-dealkylation sites (tertiary alicyclic amines) is 1. The Morgan fingerprint density at radius 1 is 0.885 bits per heavy atom. The molecular formula is C20H25BrN2O2S. The Morgan fingerprint density at radius 2 is 1.50 bits per heavy atom. The molecule has 0 amide bonds. The molecule has 3 rings (SSSR count). The molecule has 1 saturated heterocycles. The van der Waals surface area contributed by atoms with Crippen LogP contribution in [0.4, 0.5) is 0 Å². The van der Waals surface area contributed by atoms with E-state index in [9.17, 15) is 8.42 Å². The topological polar surface area (TPSA) is 49.4 Å². The van der Waals surface area contributed by atoms with E-state index in [0.29, 0.717) is 13.0 Å². The van der Waals surface area contributed by atoms with Gasteiger partial charge in [0.05, 0.1) is 4.90 Å². The quantitative estimate of drug-likeness (QED) is 0.714. The van der Waals surface area contributed by atoms with E-state index in [1.165, 1.54) is 37.9 Å². The van der Waals surface area contributed by atoms with Crippen molar-refractivity contribution in [2.24, 2.45) is 0 Å². The molecule has 0 saturated carbocycles. The predicted molar refractivity (Wildman–Crippen MR) is 109 cm³/mol. The fraction of sp³-hybridized carbons (Fsp3) is 0.400. The highest BCUT2D eigenvalue weighted by Gasteiger charge is 2.13. The van der Waals surface area contributed by atoms with E-state index in [2.05, 4.69) is 49.8 Å². The fourth-order valence-corrected chi connectivity index (χ4v) is 4.51. The molecular weight excluding hydrogens is 412 g/mol. The van der Waals surface area contributed by atoms with Gasteiger partial charge in [-0.15, -0.1) is 0 Å². The van der Waals surface area contributed by atoms with E-state index < -0.39 is 10.0 Å². The van der Waals surface area contributed by atoms with Crippen LogP contribution in [0.15, 0.2) is 57.9 Å². The van der Waals surface area contributed by atoms with Crippen LogP contribution in [-0.2, 0) is 23.0 Å². The predicted octanol–water partition coefficient (Wildman–Crippen LogP) is 3.96.